The van der Waals surface area contributed by atoms with E-state index in [1.54, 1.807) is 12.4 Å². The molecule has 0 fully saturated rings. The molecule has 0 aliphatic carbocycles. The molecule has 0 aromatic carbocycles. The van der Waals surface area contributed by atoms with Gasteiger partial charge in [0.05, 0.1) is 0 Å². The molecule has 2 aromatic rings. The normalized spacial score (nSPS) is 10.3. The van der Waals surface area contributed by atoms with Crippen LogP contribution in [0, 0.1) is 0 Å². The first-order valence-corrected chi connectivity index (χ1v) is 5.30. The summed E-state index contributed by atoms with van der Waals surface area (Å²) >= 11 is 10.1. The second kappa shape index (κ2) is 3.69. The Labute approximate surface area is 92.1 Å². The van der Waals surface area contributed by atoms with E-state index < -0.39 is 0 Å². The third-order valence-corrected chi connectivity index (χ3v) is 2.60. The van der Waals surface area contributed by atoms with Crippen molar-refractivity contribution >= 4 is 39.1 Å². The molecule has 0 atom stereocenters. The quantitative estimate of drug-likeness (QED) is 0.803. The van der Waals surface area contributed by atoms with Crippen molar-refractivity contribution in [2.45, 2.75) is 0 Å². The van der Waals surface area contributed by atoms with Gasteiger partial charge in [0.25, 0.3) is 0 Å². The van der Waals surface area contributed by atoms with Crippen molar-refractivity contribution in [3.63, 3.8) is 0 Å². The average molecular weight is 277 g/mol. The molecule has 0 aliphatic heterocycles. The highest BCUT2D eigenvalue weighted by Gasteiger charge is 2.05. The molecule has 13 heavy (non-hydrogen) atoms. The second-order valence-corrected chi connectivity index (χ2v) is 4.51. The standard InChI is InChI=1S/C7H3BrClN3S/c8-5-1-4(2-10-3-5)6-11-7(9)13-12-6/h1-3H. The van der Waals surface area contributed by atoms with Crippen LogP contribution in [0.3, 0.4) is 0 Å². The highest BCUT2D eigenvalue weighted by Crippen LogP contribution is 2.22. The van der Waals surface area contributed by atoms with E-state index in [-0.39, 0.29) is 0 Å². The van der Waals surface area contributed by atoms with Crippen molar-refractivity contribution in [3.05, 3.63) is 27.4 Å². The Kier molecular flexibility index (Phi) is 2.57. The summed E-state index contributed by atoms with van der Waals surface area (Å²) in [6, 6.07) is 1.89. The van der Waals surface area contributed by atoms with E-state index in [0.29, 0.717) is 10.3 Å². The molecule has 0 N–H and O–H groups in total. The van der Waals surface area contributed by atoms with Crippen LogP contribution < -0.4 is 0 Å². The van der Waals surface area contributed by atoms with Crippen molar-refractivity contribution < 1.29 is 0 Å². The van der Waals surface area contributed by atoms with E-state index in [1.165, 1.54) is 11.5 Å². The van der Waals surface area contributed by atoms with Crippen molar-refractivity contribution in [2.24, 2.45) is 0 Å². The Morgan fingerprint density at radius 2 is 2.23 bits per heavy atom. The fourth-order valence-corrected chi connectivity index (χ4v) is 1.84. The molecule has 66 valence electrons. The van der Waals surface area contributed by atoms with Gasteiger partial charge in [0.2, 0.25) is 4.47 Å². The SMILES string of the molecule is Clc1nc(-c2cncc(Br)c2)ns1. The van der Waals surface area contributed by atoms with E-state index in [0.717, 1.165) is 10.0 Å². The average Bonchev–Trinajstić information content (AvgIpc) is 2.52. The Hall–Kier alpha value is -0.520. The molecular formula is C7H3BrClN3S. The molecule has 2 aromatic heterocycles. The zero-order valence-electron chi connectivity index (χ0n) is 6.24. The molecule has 6 heteroatoms. The maximum Gasteiger partial charge on any atom is 0.203 e. The van der Waals surface area contributed by atoms with Gasteiger partial charge in [-0.15, -0.1) is 0 Å². The zero-order chi connectivity index (χ0) is 9.26. The van der Waals surface area contributed by atoms with E-state index in [1.807, 2.05) is 6.07 Å². The van der Waals surface area contributed by atoms with Crippen molar-refractivity contribution in [1.82, 2.24) is 14.3 Å². The topological polar surface area (TPSA) is 38.7 Å². The first-order chi connectivity index (χ1) is 6.25. The fraction of sp³-hybridized carbons (Fsp3) is 0. The number of hydrogen-bond donors (Lipinski definition) is 0. The molecule has 0 saturated heterocycles. The summed E-state index contributed by atoms with van der Waals surface area (Å²) in [7, 11) is 0. The maximum atomic E-state index is 5.66. The number of pyridine rings is 1. The number of halogens is 2. The van der Waals surface area contributed by atoms with Crippen LogP contribution in [0.15, 0.2) is 22.9 Å². The lowest BCUT2D eigenvalue weighted by Crippen LogP contribution is -1.81. The monoisotopic (exact) mass is 275 g/mol. The lowest BCUT2D eigenvalue weighted by atomic mass is 10.3. The Balaban J connectivity index is 2.46. The van der Waals surface area contributed by atoms with Crippen LogP contribution in [0.2, 0.25) is 4.47 Å². The van der Waals surface area contributed by atoms with E-state index >= 15 is 0 Å². The van der Waals surface area contributed by atoms with Gasteiger partial charge in [-0.05, 0) is 45.1 Å². The zero-order valence-corrected chi connectivity index (χ0v) is 9.40. The van der Waals surface area contributed by atoms with Crippen molar-refractivity contribution in [1.29, 1.82) is 0 Å². The van der Waals surface area contributed by atoms with Crippen LogP contribution in [0.4, 0.5) is 0 Å². The minimum Gasteiger partial charge on any atom is -0.263 e. The predicted molar refractivity (Wildman–Crippen MR) is 55.9 cm³/mol. The van der Waals surface area contributed by atoms with Crippen LogP contribution in [0.5, 0.6) is 0 Å². The highest BCUT2D eigenvalue weighted by atomic mass is 79.9. The van der Waals surface area contributed by atoms with Crippen LogP contribution in [0.1, 0.15) is 0 Å². The van der Waals surface area contributed by atoms with Gasteiger partial charge in [0.1, 0.15) is 0 Å². The molecule has 2 heterocycles. The second-order valence-electron chi connectivity index (χ2n) is 2.26. The number of rotatable bonds is 1. The molecule has 0 unspecified atom stereocenters. The first-order valence-electron chi connectivity index (χ1n) is 3.36. The van der Waals surface area contributed by atoms with E-state index in [9.17, 15) is 0 Å². The Bertz CT molecular complexity index is 431. The molecule has 3 nitrogen and oxygen atoms in total. The molecule has 2 rings (SSSR count). The molecule has 0 amide bonds. The largest absolute Gasteiger partial charge is 0.263 e. The van der Waals surface area contributed by atoms with Crippen LogP contribution in [0.25, 0.3) is 11.4 Å². The van der Waals surface area contributed by atoms with Crippen LogP contribution in [-0.2, 0) is 0 Å². The summed E-state index contributed by atoms with van der Waals surface area (Å²) in [4.78, 5) is 8.04. The third-order valence-electron chi connectivity index (χ3n) is 1.36. The smallest absolute Gasteiger partial charge is 0.203 e. The summed E-state index contributed by atoms with van der Waals surface area (Å²) in [5.74, 6) is 0.615. The fourth-order valence-electron chi connectivity index (χ4n) is 0.856. The van der Waals surface area contributed by atoms with Crippen molar-refractivity contribution in [3.8, 4) is 11.4 Å². The molecular weight excluding hydrogens is 274 g/mol. The van der Waals surface area contributed by atoms with Gasteiger partial charge in [-0.3, -0.25) is 4.98 Å². The summed E-state index contributed by atoms with van der Waals surface area (Å²) in [5.41, 5.74) is 0.859. The van der Waals surface area contributed by atoms with E-state index in [2.05, 4.69) is 30.3 Å². The lowest BCUT2D eigenvalue weighted by molar-refractivity contribution is 1.26. The van der Waals surface area contributed by atoms with Gasteiger partial charge in [-0.2, -0.15) is 4.37 Å². The number of nitrogens with zero attached hydrogens (tertiary/aromatic N) is 3. The number of aromatic nitrogens is 3. The third kappa shape index (κ3) is 2.04. The van der Waals surface area contributed by atoms with E-state index in [4.69, 9.17) is 11.6 Å². The van der Waals surface area contributed by atoms with Gasteiger partial charge >= 0.3 is 0 Å². The van der Waals surface area contributed by atoms with Crippen molar-refractivity contribution in [2.75, 3.05) is 0 Å². The Morgan fingerprint density at radius 1 is 1.38 bits per heavy atom. The van der Waals surface area contributed by atoms with Gasteiger partial charge in [-0.1, -0.05) is 0 Å². The van der Waals surface area contributed by atoms with Gasteiger partial charge < -0.3 is 0 Å². The van der Waals surface area contributed by atoms with Crippen LogP contribution >= 0.6 is 39.1 Å². The summed E-state index contributed by atoms with van der Waals surface area (Å²) in [6.07, 6.45) is 3.40. The van der Waals surface area contributed by atoms with Gasteiger partial charge in [0, 0.05) is 22.4 Å². The first kappa shape index (κ1) is 9.05. The summed E-state index contributed by atoms with van der Waals surface area (Å²) in [6.45, 7) is 0. The van der Waals surface area contributed by atoms with Crippen LogP contribution in [-0.4, -0.2) is 14.3 Å². The maximum absolute atomic E-state index is 5.66. The minimum absolute atomic E-state index is 0.440. The number of hydrogen-bond acceptors (Lipinski definition) is 4. The minimum atomic E-state index is 0.440. The molecule has 0 radical (unpaired) electrons. The molecule has 0 bridgehead atoms. The van der Waals surface area contributed by atoms with Gasteiger partial charge in [0.15, 0.2) is 5.82 Å². The predicted octanol–water partition coefficient (Wildman–Crippen LogP) is 3.02. The summed E-state index contributed by atoms with van der Waals surface area (Å²) in [5, 5.41) is 0. The Morgan fingerprint density at radius 3 is 2.85 bits per heavy atom. The van der Waals surface area contributed by atoms with Gasteiger partial charge in [-0.25, -0.2) is 4.98 Å². The lowest BCUT2D eigenvalue weighted by Gasteiger charge is -1.93. The molecule has 0 saturated carbocycles. The molecule has 0 spiro atoms. The molecule has 0 aliphatic rings. The highest BCUT2D eigenvalue weighted by molar-refractivity contribution is 9.10. The summed E-state index contributed by atoms with van der Waals surface area (Å²) < 4.78 is 5.40.